The van der Waals surface area contributed by atoms with E-state index < -0.39 is 43.3 Å². The Hall–Kier alpha value is -2.11. The van der Waals surface area contributed by atoms with Gasteiger partial charge in [0, 0.05) is 0 Å². The molecule has 1 aromatic carbocycles. The SMILES string of the molecule is COc1cc(C(=O)O[C@H]2O[C@@H](CO)[C@H](O)[C@@H](O)[C@@H]2O)cc(OC)c1OC. The van der Waals surface area contributed by atoms with E-state index >= 15 is 0 Å². The second-order valence-corrected chi connectivity index (χ2v) is 5.52. The molecule has 146 valence electrons. The van der Waals surface area contributed by atoms with Crippen molar-refractivity contribution in [2.45, 2.75) is 30.7 Å². The van der Waals surface area contributed by atoms with Crippen LogP contribution < -0.4 is 14.2 Å². The Bertz CT molecular complexity index is 606. The maximum absolute atomic E-state index is 12.4. The van der Waals surface area contributed by atoms with Gasteiger partial charge in [-0.25, -0.2) is 4.79 Å². The molecule has 1 heterocycles. The largest absolute Gasteiger partial charge is 0.493 e. The molecule has 0 bridgehead atoms. The minimum absolute atomic E-state index is 0.0106. The number of hydrogen-bond donors (Lipinski definition) is 4. The van der Waals surface area contributed by atoms with Crippen LogP contribution in [0, 0.1) is 0 Å². The van der Waals surface area contributed by atoms with Crippen molar-refractivity contribution in [2.24, 2.45) is 0 Å². The van der Waals surface area contributed by atoms with E-state index in [0.29, 0.717) is 0 Å². The maximum atomic E-state index is 12.4. The molecule has 1 aliphatic rings. The minimum Gasteiger partial charge on any atom is -0.493 e. The summed E-state index contributed by atoms with van der Waals surface area (Å²) in [5.74, 6) is -0.201. The van der Waals surface area contributed by atoms with Gasteiger partial charge in [-0.05, 0) is 12.1 Å². The van der Waals surface area contributed by atoms with Gasteiger partial charge in [-0.2, -0.15) is 0 Å². The molecule has 1 saturated heterocycles. The van der Waals surface area contributed by atoms with Gasteiger partial charge in [0.1, 0.15) is 24.4 Å². The summed E-state index contributed by atoms with van der Waals surface area (Å²) >= 11 is 0. The van der Waals surface area contributed by atoms with Gasteiger partial charge in [0.2, 0.25) is 12.0 Å². The van der Waals surface area contributed by atoms with E-state index in [9.17, 15) is 20.1 Å². The summed E-state index contributed by atoms with van der Waals surface area (Å²) in [6.07, 6.45) is -7.67. The average Bonchev–Trinajstić information content (AvgIpc) is 2.66. The third-order valence-electron chi connectivity index (χ3n) is 3.97. The molecule has 0 spiro atoms. The Labute approximate surface area is 149 Å². The van der Waals surface area contributed by atoms with Crippen molar-refractivity contribution < 1.29 is 48.9 Å². The molecule has 10 nitrogen and oxygen atoms in total. The highest BCUT2D eigenvalue weighted by Gasteiger charge is 2.45. The number of rotatable bonds is 6. The molecule has 4 N–H and O–H groups in total. The Balaban J connectivity index is 2.24. The summed E-state index contributed by atoms with van der Waals surface area (Å²) < 4.78 is 25.7. The van der Waals surface area contributed by atoms with E-state index in [1.807, 2.05) is 0 Å². The van der Waals surface area contributed by atoms with Gasteiger partial charge in [0.25, 0.3) is 0 Å². The average molecular weight is 374 g/mol. The Morgan fingerprint density at radius 3 is 2.04 bits per heavy atom. The van der Waals surface area contributed by atoms with E-state index in [-0.39, 0.29) is 22.8 Å². The number of carbonyl (C=O) groups excluding carboxylic acids is 1. The second-order valence-electron chi connectivity index (χ2n) is 5.52. The van der Waals surface area contributed by atoms with Crippen molar-refractivity contribution in [3.8, 4) is 17.2 Å². The van der Waals surface area contributed by atoms with E-state index in [1.54, 1.807) is 0 Å². The fourth-order valence-electron chi connectivity index (χ4n) is 2.54. The van der Waals surface area contributed by atoms with Gasteiger partial charge >= 0.3 is 5.97 Å². The normalized spacial score (nSPS) is 28.3. The van der Waals surface area contributed by atoms with Crippen LogP contribution in [0.4, 0.5) is 0 Å². The fraction of sp³-hybridized carbons (Fsp3) is 0.562. The summed E-state index contributed by atoms with van der Waals surface area (Å²) in [5, 5.41) is 38.6. The van der Waals surface area contributed by atoms with Crippen molar-refractivity contribution in [2.75, 3.05) is 27.9 Å². The minimum atomic E-state index is -1.70. The molecule has 0 aliphatic carbocycles. The molecule has 10 heteroatoms. The lowest BCUT2D eigenvalue weighted by molar-refractivity contribution is -0.285. The lowest BCUT2D eigenvalue weighted by Crippen LogP contribution is -2.59. The number of benzene rings is 1. The zero-order valence-corrected chi connectivity index (χ0v) is 14.5. The molecule has 0 saturated carbocycles. The summed E-state index contributed by atoms with van der Waals surface area (Å²) in [6.45, 7) is -0.636. The highest BCUT2D eigenvalue weighted by Crippen LogP contribution is 2.38. The molecule has 5 atom stereocenters. The number of esters is 1. The van der Waals surface area contributed by atoms with Crippen LogP contribution >= 0.6 is 0 Å². The van der Waals surface area contributed by atoms with Crippen molar-refractivity contribution in [3.05, 3.63) is 17.7 Å². The highest BCUT2D eigenvalue weighted by atomic mass is 16.7. The first kappa shape index (κ1) is 20.2. The van der Waals surface area contributed by atoms with E-state index in [4.69, 9.17) is 28.8 Å². The number of ether oxygens (including phenoxy) is 5. The van der Waals surface area contributed by atoms with Gasteiger partial charge in [-0.15, -0.1) is 0 Å². The van der Waals surface area contributed by atoms with Crippen molar-refractivity contribution >= 4 is 5.97 Å². The fourth-order valence-corrected chi connectivity index (χ4v) is 2.54. The zero-order valence-electron chi connectivity index (χ0n) is 14.5. The summed E-state index contributed by atoms with van der Waals surface area (Å²) in [4.78, 5) is 12.4. The van der Waals surface area contributed by atoms with Gasteiger partial charge in [0.05, 0.1) is 33.5 Å². The molecule has 2 rings (SSSR count). The number of aliphatic hydroxyl groups is 4. The van der Waals surface area contributed by atoms with E-state index in [1.165, 1.54) is 33.5 Å². The third-order valence-corrected chi connectivity index (χ3v) is 3.97. The molecule has 26 heavy (non-hydrogen) atoms. The zero-order chi connectivity index (χ0) is 19.4. The van der Waals surface area contributed by atoms with Crippen LogP contribution in [-0.4, -0.2) is 85.0 Å². The van der Waals surface area contributed by atoms with Crippen LogP contribution in [0.1, 0.15) is 10.4 Å². The van der Waals surface area contributed by atoms with Crippen molar-refractivity contribution in [1.82, 2.24) is 0 Å². The van der Waals surface area contributed by atoms with Crippen LogP contribution in [-0.2, 0) is 9.47 Å². The van der Waals surface area contributed by atoms with Gasteiger partial charge in [-0.1, -0.05) is 0 Å². The molecule has 0 radical (unpaired) electrons. The van der Waals surface area contributed by atoms with Crippen molar-refractivity contribution in [3.63, 3.8) is 0 Å². The number of methoxy groups -OCH3 is 3. The second kappa shape index (κ2) is 8.52. The third kappa shape index (κ3) is 3.84. The quantitative estimate of drug-likeness (QED) is 0.442. The summed E-state index contributed by atoms with van der Waals surface area (Å²) in [6, 6.07) is 2.68. The number of hydrogen-bond acceptors (Lipinski definition) is 10. The molecule has 1 aromatic rings. The summed E-state index contributed by atoms with van der Waals surface area (Å²) in [5.41, 5.74) is 0.0106. The number of carbonyl (C=O) groups is 1. The topological polar surface area (TPSA) is 144 Å². The Morgan fingerprint density at radius 1 is 1.00 bits per heavy atom. The van der Waals surface area contributed by atoms with Crippen LogP contribution in [0.15, 0.2) is 12.1 Å². The van der Waals surface area contributed by atoms with E-state index in [0.717, 1.165) is 0 Å². The predicted molar refractivity (Wildman–Crippen MR) is 85.3 cm³/mol. The first-order valence-electron chi connectivity index (χ1n) is 7.69. The van der Waals surface area contributed by atoms with Gasteiger partial charge in [0.15, 0.2) is 11.5 Å². The van der Waals surface area contributed by atoms with Crippen LogP contribution in [0.3, 0.4) is 0 Å². The molecule has 0 amide bonds. The molecule has 1 fully saturated rings. The maximum Gasteiger partial charge on any atom is 0.340 e. The molecule has 0 unspecified atom stereocenters. The van der Waals surface area contributed by atoms with Gasteiger partial charge in [-0.3, -0.25) is 0 Å². The first-order chi connectivity index (χ1) is 12.4. The van der Waals surface area contributed by atoms with Crippen LogP contribution in [0.25, 0.3) is 0 Å². The van der Waals surface area contributed by atoms with Crippen LogP contribution in [0.5, 0.6) is 17.2 Å². The first-order valence-corrected chi connectivity index (χ1v) is 7.69. The molecular formula is C16H22O10. The Kier molecular flexibility index (Phi) is 6.62. The standard InChI is InChI=1S/C16H22O10/c1-22-8-4-7(5-9(23-2)14(8)24-3)15(21)26-16-13(20)12(19)11(18)10(6-17)25-16/h4-5,10-13,16-20H,6H2,1-3H3/t10-,11-,12+,13-,16+/m0/s1. The number of aliphatic hydroxyl groups excluding tert-OH is 4. The van der Waals surface area contributed by atoms with Crippen LogP contribution in [0.2, 0.25) is 0 Å². The summed E-state index contributed by atoms with van der Waals surface area (Å²) in [7, 11) is 4.17. The molecule has 0 aromatic heterocycles. The molecular weight excluding hydrogens is 352 g/mol. The van der Waals surface area contributed by atoms with E-state index in [2.05, 4.69) is 0 Å². The van der Waals surface area contributed by atoms with Crippen molar-refractivity contribution in [1.29, 1.82) is 0 Å². The molecule has 1 aliphatic heterocycles. The lowest BCUT2D eigenvalue weighted by atomic mass is 9.99. The monoisotopic (exact) mass is 374 g/mol. The Morgan fingerprint density at radius 2 is 1.58 bits per heavy atom. The highest BCUT2D eigenvalue weighted by molar-refractivity contribution is 5.91. The smallest absolute Gasteiger partial charge is 0.340 e. The predicted octanol–water partition coefficient (Wildman–Crippen LogP) is -1.33. The lowest BCUT2D eigenvalue weighted by Gasteiger charge is -2.39. The van der Waals surface area contributed by atoms with Gasteiger partial charge < -0.3 is 44.1 Å².